The Morgan fingerprint density at radius 1 is 1.38 bits per heavy atom. The number of hydrogen-bond acceptors (Lipinski definition) is 4. The number of pyridine rings is 1. The van der Waals surface area contributed by atoms with Gasteiger partial charge in [-0.15, -0.1) is 0 Å². The summed E-state index contributed by atoms with van der Waals surface area (Å²) in [7, 11) is 0. The number of nitrogens with one attached hydrogen (secondary N) is 1. The van der Waals surface area contributed by atoms with E-state index in [1.54, 1.807) is 12.4 Å². The molecular formula is C10H8BrClN4. The first-order valence-electron chi connectivity index (χ1n) is 4.55. The van der Waals surface area contributed by atoms with Crippen molar-refractivity contribution in [3.8, 4) is 0 Å². The summed E-state index contributed by atoms with van der Waals surface area (Å²) in [6, 6.07) is 3.71. The molecule has 2 aromatic heterocycles. The van der Waals surface area contributed by atoms with Gasteiger partial charge in [0.2, 0.25) is 0 Å². The van der Waals surface area contributed by atoms with E-state index in [0.717, 1.165) is 15.9 Å². The molecule has 82 valence electrons. The fourth-order valence-corrected chi connectivity index (χ4v) is 1.66. The quantitative estimate of drug-likeness (QED) is 0.885. The molecule has 0 saturated carbocycles. The van der Waals surface area contributed by atoms with Crippen LogP contribution in [-0.2, 0) is 6.54 Å². The Bertz CT molecular complexity index is 478. The first-order valence-corrected chi connectivity index (χ1v) is 5.72. The lowest BCUT2D eigenvalue weighted by Gasteiger charge is -2.07. The van der Waals surface area contributed by atoms with Gasteiger partial charge in [-0.1, -0.05) is 11.6 Å². The van der Waals surface area contributed by atoms with Crippen LogP contribution in [0.15, 0.2) is 35.3 Å². The molecule has 2 rings (SSSR count). The molecular weight excluding hydrogens is 291 g/mol. The van der Waals surface area contributed by atoms with Crippen molar-refractivity contribution in [2.24, 2.45) is 0 Å². The lowest BCUT2D eigenvalue weighted by molar-refractivity contribution is 1.00. The second kappa shape index (κ2) is 5.23. The molecule has 0 fully saturated rings. The predicted octanol–water partition coefficient (Wildman–Crippen LogP) is 2.90. The molecule has 0 bridgehead atoms. The molecule has 6 heteroatoms. The summed E-state index contributed by atoms with van der Waals surface area (Å²) >= 11 is 9.27. The maximum Gasteiger partial charge on any atom is 0.152 e. The number of anilines is 1. The summed E-state index contributed by atoms with van der Waals surface area (Å²) in [6.45, 7) is 0.584. The van der Waals surface area contributed by atoms with Gasteiger partial charge < -0.3 is 5.32 Å². The zero-order valence-corrected chi connectivity index (χ0v) is 10.5. The van der Waals surface area contributed by atoms with Crippen molar-refractivity contribution in [3.05, 3.63) is 46.2 Å². The van der Waals surface area contributed by atoms with Crippen LogP contribution in [0.4, 0.5) is 5.69 Å². The van der Waals surface area contributed by atoms with E-state index in [1.165, 1.54) is 6.33 Å². The van der Waals surface area contributed by atoms with Crippen molar-refractivity contribution in [1.29, 1.82) is 0 Å². The Kier molecular flexibility index (Phi) is 3.69. The van der Waals surface area contributed by atoms with E-state index < -0.39 is 0 Å². The van der Waals surface area contributed by atoms with E-state index in [-0.39, 0.29) is 0 Å². The molecule has 0 aliphatic heterocycles. The van der Waals surface area contributed by atoms with Crippen molar-refractivity contribution < 1.29 is 0 Å². The zero-order chi connectivity index (χ0) is 11.4. The number of nitrogens with zero attached hydrogens (tertiary/aromatic N) is 3. The van der Waals surface area contributed by atoms with Gasteiger partial charge in [-0.25, -0.2) is 15.0 Å². The lowest BCUT2D eigenvalue weighted by atomic mass is 10.3. The first kappa shape index (κ1) is 11.3. The molecule has 0 spiro atoms. The van der Waals surface area contributed by atoms with E-state index >= 15 is 0 Å². The molecule has 4 nitrogen and oxygen atoms in total. The smallest absolute Gasteiger partial charge is 0.152 e. The molecule has 0 aromatic carbocycles. The lowest BCUT2D eigenvalue weighted by Crippen LogP contribution is -2.02. The molecule has 0 atom stereocenters. The highest BCUT2D eigenvalue weighted by Crippen LogP contribution is 2.23. The fourth-order valence-electron chi connectivity index (χ4n) is 1.15. The zero-order valence-electron chi connectivity index (χ0n) is 8.19. The third-order valence-corrected chi connectivity index (χ3v) is 2.64. The van der Waals surface area contributed by atoms with Crippen LogP contribution >= 0.6 is 27.5 Å². The van der Waals surface area contributed by atoms with Crippen LogP contribution in [0.2, 0.25) is 5.15 Å². The van der Waals surface area contributed by atoms with Crippen LogP contribution in [-0.4, -0.2) is 15.0 Å². The molecule has 0 aliphatic rings. The van der Waals surface area contributed by atoms with Gasteiger partial charge in [0.15, 0.2) is 5.15 Å². The first-order chi connectivity index (χ1) is 7.75. The van der Waals surface area contributed by atoms with Crippen LogP contribution in [0.25, 0.3) is 0 Å². The molecule has 2 heterocycles. The van der Waals surface area contributed by atoms with Crippen molar-refractivity contribution in [2.45, 2.75) is 6.54 Å². The van der Waals surface area contributed by atoms with Gasteiger partial charge in [-0.2, -0.15) is 0 Å². The van der Waals surface area contributed by atoms with Gasteiger partial charge in [0.05, 0.1) is 17.9 Å². The summed E-state index contributed by atoms with van der Waals surface area (Å²) in [6.07, 6.45) is 4.86. The highest BCUT2D eigenvalue weighted by Gasteiger charge is 2.02. The van der Waals surface area contributed by atoms with Gasteiger partial charge >= 0.3 is 0 Å². The number of rotatable bonds is 3. The Morgan fingerprint density at radius 3 is 3.00 bits per heavy atom. The Hall–Kier alpha value is -1.20. The molecule has 16 heavy (non-hydrogen) atoms. The summed E-state index contributed by atoms with van der Waals surface area (Å²) in [5, 5.41) is 3.60. The van der Waals surface area contributed by atoms with Gasteiger partial charge in [-0.05, 0) is 28.1 Å². The Labute approximate surface area is 106 Å². The minimum atomic E-state index is 0.442. The van der Waals surface area contributed by atoms with E-state index in [9.17, 15) is 0 Å². The van der Waals surface area contributed by atoms with Gasteiger partial charge in [-0.3, -0.25) is 0 Å². The van der Waals surface area contributed by atoms with Crippen LogP contribution in [0, 0.1) is 0 Å². The van der Waals surface area contributed by atoms with Gasteiger partial charge in [0.25, 0.3) is 0 Å². The standard InChI is InChI=1S/C10H8BrClN4/c11-7-3-9(10(12)15-4-7)14-5-8-1-2-13-6-16-8/h1-4,6,14H,5H2. The molecule has 0 aliphatic carbocycles. The highest BCUT2D eigenvalue weighted by atomic mass is 79.9. The van der Waals surface area contributed by atoms with Crippen molar-refractivity contribution in [3.63, 3.8) is 0 Å². The molecule has 0 radical (unpaired) electrons. The van der Waals surface area contributed by atoms with E-state index in [1.807, 2.05) is 12.1 Å². The van der Waals surface area contributed by atoms with E-state index in [0.29, 0.717) is 11.7 Å². The van der Waals surface area contributed by atoms with Crippen molar-refractivity contribution in [1.82, 2.24) is 15.0 Å². The highest BCUT2D eigenvalue weighted by molar-refractivity contribution is 9.10. The van der Waals surface area contributed by atoms with Gasteiger partial charge in [0, 0.05) is 16.9 Å². The summed E-state index contributed by atoms with van der Waals surface area (Å²) < 4.78 is 0.877. The van der Waals surface area contributed by atoms with Gasteiger partial charge in [0.1, 0.15) is 6.33 Å². The third-order valence-electron chi connectivity index (χ3n) is 1.91. The van der Waals surface area contributed by atoms with Crippen LogP contribution in [0.5, 0.6) is 0 Å². The molecule has 0 saturated heterocycles. The second-order valence-corrected chi connectivity index (χ2v) is 4.32. The van der Waals surface area contributed by atoms with Crippen LogP contribution < -0.4 is 5.32 Å². The minimum Gasteiger partial charge on any atom is -0.377 e. The monoisotopic (exact) mass is 298 g/mol. The van der Waals surface area contributed by atoms with Crippen LogP contribution in [0.3, 0.4) is 0 Å². The minimum absolute atomic E-state index is 0.442. The summed E-state index contributed by atoms with van der Waals surface area (Å²) in [4.78, 5) is 12.0. The maximum atomic E-state index is 5.94. The average Bonchev–Trinajstić information content (AvgIpc) is 2.32. The largest absolute Gasteiger partial charge is 0.377 e. The van der Waals surface area contributed by atoms with E-state index in [2.05, 4.69) is 36.2 Å². The molecule has 0 amide bonds. The predicted molar refractivity (Wildman–Crippen MR) is 66.3 cm³/mol. The Balaban J connectivity index is 2.08. The fraction of sp³-hybridized carbons (Fsp3) is 0.100. The van der Waals surface area contributed by atoms with Crippen molar-refractivity contribution >= 4 is 33.2 Å². The number of aromatic nitrogens is 3. The second-order valence-electron chi connectivity index (χ2n) is 3.05. The normalized spacial score (nSPS) is 10.1. The number of halogens is 2. The summed E-state index contributed by atoms with van der Waals surface area (Å²) in [5.41, 5.74) is 1.67. The third kappa shape index (κ3) is 2.90. The molecule has 0 unspecified atom stereocenters. The molecule has 1 N–H and O–H groups in total. The number of hydrogen-bond donors (Lipinski definition) is 1. The van der Waals surface area contributed by atoms with E-state index in [4.69, 9.17) is 11.6 Å². The topological polar surface area (TPSA) is 50.7 Å². The van der Waals surface area contributed by atoms with Crippen molar-refractivity contribution in [2.75, 3.05) is 5.32 Å². The average molecular weight is 300 g/mol. The summed E-state index contributed by atoms with van der Waals surface area (Å²) in [5.74, 6) is 0. The maximum absolute atomic E-state index is 5.94. The van der Waals surface area contributed by atoms with Crippen LogP contribution in [0.1, 0.15) is 5.69 Å². The SMILES string of the molecule is Clc1ncc(Br)cc1NCc1ccncn1. The Morgan fingerprint density at radius 2 is 2.25 bits per heavy atom. The molecule has 2 aromatic rings.